The van der Waals surface area contributed by atoms with Crippen LogP contribution in [0.1, 0.15) is 44.9 Å². The van der Waals surface area contributed by atoms with Crippen molar-refractivity contribution in [1.29, 1.82) is 0 Å². The smallest absolute Gasteiger partial charge is 0.410 e. The first-order valence-corrected chi connectivity index (χ1v) is 7.05. The minimum absolute atomic E-state index is 0.127. The third kappa shape index (κ3) is 2.90. The number of halogens is 2. The molecule has 1 aromatic rings. The van der Waals surface area contributed by atoms with Gasteiger partial charge in [0, 0.05) is 6.54 Å². The molecule has 0 spiro atoms. The molecule has 20 heavy (non-hydrogen) atoms. The van der Waals surface area contributed by atoms with Gasteiger partial charge in [-0.1, -0.05) is 17.7 Å². The molecule has 0 saturated heterocycles. The van der Waals surface area contributed by atoms with Gasteiger partial charge in [0.15, 0.2) is 0 Å². The Kier molecular flexibility index (Phi) is 3.96. The molecule has 0 saturated carbocycles. The molecular weight excluding hydrogens is 281 g/mol. The van der Waals surface area contributed by atoms with Crippen molar-refractivity contribution in [1.82, 2.24) is 4.90 Å². The molecule has 1 aliphatic rings. The Labute approximate surface area is 123 Å². The molecule has 2 rings (SSSR count). The molecule has 0 unspecified atom stereocenters. The minimum Gasteiger partial charge on any atom is -0.444 e. The van der Waals surface area contributed by atoms with E-state index in [9.17, 15) is 9.18 Å². The third-order valence-corrected chi connectivity index (χ3v) is 3.67. The van der Waals surface area contributed by atoms with Crippen molar-refractivity contribution in [2.24, 2.45) is 0 Å². The zero-order valence-electron chi connectivity index (χ0n) is 12.2. The van der Waals surface area contributed by atoms with E-state index < -0.39 is 5.60 Å². The summed E-state index contributed by atoms with van der Waals surface area (Å²) in [5.41, 5.74) is 0.858. The maximum absolute atomic E-state index is 14.0. The molecule has 1 aliphatic heterocycles. The predicted octanol–water partition coefficient (Wildman–Crippen LogP) is 4.33. The number of amides is 1. The lowest BCUT2D eigenvalue weighted by atomic mass is 9.93. The number of benzene rings is 1. The first-order valence-electron chi connectivity index (χ1n) is 6.67. The van der Waals surface area contributed by atoms with Gasteiger partial charge in [0.2, 0.25) is 0 Å². The van der Waals surface area contributed by atoms with Gasteiger partial charge in [-0.2, -0.15) is 0 Å². The monoisotopic (exact) mass is 299 g/mol. The molecule has 1 aromatic carbocycles. The van der Waals surface area contributed by atoms with Crippen LogP contribution in [0, 0.1) is 5.82 Å². The number of ether oxygens (including phenoxy) is 1. The van der Waals surface area contributed by atoms with Crippen LogP contribution in [0.2, 0.25) is 5.02 Å². The molecule has 1 atom stereocenters. The van der Waals surface area contributed by atoms with E-state index in [0.29, 0.717) is 18.5 Å². The lowest BCUT2D eigenvalue weighted by Gasteiger charge is -2.36. The highest BCUT2D eigenvalue weighted by atomic mass is 35.5. The summed E-state index contributed by atoms with van der Waals surface area (Å²) >= 11 is 5.80. The van der Waals surface area contributed by atoms with Gasteiger partial charge in [0.05, 0.1) is 11.1 Å². The standard InChI is InChI=1S/C15H19ClFNO2/c1-9-10-5-6-12(16)13(17)11(10)7-8-18(9)14(19)20-15(2,3)4/h5-6,9H,7-8H2,1-4H3/t9-/m0/s1. The van der Waals surface area contributed by atoms with E-state index in [1.54, 1.807) is 11.0 Å². The van der Waals surface area contributed by atoms with Gasteiger partial charge in [-0.05, 0) is 51.3 Å². The van der Waals surface area contributed by atoms with Crippen LogP contribution in [-0.2, 0) is 11.2 Å². The van der Waals surface area contributed by atoms with Gasteiger partial charge < -0.3 is 9.64 Å². The third-order valence-electron chi connectivity index (χ3n) is 3.38. The van der Waals surface area contributed by atoms with E-state index in [1.807, 2.05) is 27.7 Å². The highest BCUT2D eigenvalue weighted by Gasteiger charge is 2.32. The molecule has 0 radical (unpaired) electrons. The van der Waals surface area contributed by atoms with Gasteiger partial charge >= 0.3 is 6.09 Å². The summed E-state index contributed by atoms with van der Waals surface area (Å²) in [6, 6.07) is 3.09. The second kappa shape index (κ2) is 5.24. The highest BCUT2D eigenvalue weighted by Crippen LogP contribution is 2.34. The van der Waals surface area contributed by atoms with E-state index in [4.69, 9.17) is 16.3 Å². The van der Waals surface area contributed by atoms with Crippen LogP contribution in [0.3, 0.4) is 0 Å². The van der Waals surface area contributed by atoms with E-state index in [0.717, 1.165) is 5.56 Å². The number of hydrogen-bond acceptors (Lipinski definition) is 2. The fraction of sp³-hybridized carbons (Fsp3) is 0.533. The zero-order valence-corrected chi connectivity index (χ0v) is 12.9. The first-order chi connectivity index (χ1) is 9.20. The van der Waals surface area contributed by atoms with Crippen molar-refractivity contribution >= 4 is 17.7 Å². The number of nitrogens with zero attached hydrogens (tertiary/aromatic N) is 1. The molecule has 1 amide bonds. The van der Waals surface area contributed by atoms with Gasteiger partial charge in [-0.3, -0.25) is 0 Å². The lowest BCUT2D eigenvalue weighted by molar-refractivity contribution is 0.0158. The summed E-state index contributed by atoms with van der Waals surface area (Å²) in [6.45, 7) is 7.78. The zero-order chi connectivity index (χ0) is 15.1. The SMILES string of the molecule is C[C@H]1c2ccc(Cl)c(F)c2CCN1C(=O)OC(C)(C)C. The van der Waals surface area contributed by atoms with Crippen molar-refractivity contribution in [3.05, 3.63) is 34.1 Å². The Bertz CT molecular complexity index is 539. The average Bonchev–Trinajstić information content (AvgIpc) is 2.32. The molecule has 0 N–H and O–H groups in total. The largest absolute Gasteiger partial charge is 0.444 e. The first kappa shape index (κ1) is 15.1. The normalized spacial score (nSPS) is 18.7. The van der Waals surface area contributed by atoms with Crippen molar-refractivity contribution in [2.75, 3.05) is 6.54 Å². The summed E-state index contributed by atoms with van der Waals surface area (Å²) in [5, 5.41) is 0.127. The maximum Gasteiger partial charge on any atom is 0.410 e. The Hall–Kier alpha value is -1.29. The van der Waals surface area contributed by atoms with E-state index >= 15 is 0 Å². The van der Waals surface area contributed by atoms with Crippen molar-refractivity contribution in [2.45, 2.75) is 45.8 Å². The van der Waals surface area contributed by atoms with Gasteiger partial charge in [0.25, 0.3) is 0 Å². The topological polar surface area (TPSA) is 29.5 Å². The lowest BCUT2D eigenvalue weighted by Crippen LogP contribution is -2.42. The highest BCUT2D eigenvalue weighted by molar-refractivity contribution is 6.30. The summed E-state index contributed by atoms with van der Waals surface area (Å²) in [5.74, 6) is -0.375. The Morgan fingerprint density at radius 1 is 1.45 bits per heavy atom. The Morgan fingerprint density at radius 3 is 2.70 bits per heavy atom. The van der Waals surface area contributed by atoms with Crippen LogP contribution < -0.4 is 0 Å². The van der Waals surface area contributed by atoms with E-state index in [-0.39, 0.29) is 23.0 Å². The summed E-state index contributed by atoms with van der Waals surface area (Å²) in [6.07, 6.45) is 0.0803. The number of rotatable bonds is 0. The number of carbonyl (C=O) groups excluding carboxylic acids is 1. The van der Waals surface area contributed by atoms with Gasteiger partial charge in [-0.25, -0.2) is 9.18 Å². The summed E-state index contributed by atoms with van der Waals surface area (Å²) < 4.78 is 19.4. The Morgan fingerprint density at radius 2 is 2.10 bits per heavy atom. The molecule has 0 aliphatic carbocycles. The quantitative estimate of drug-likeness (QED) is 0.713. The second-order valence-corrected chi connectivity index (χ2v) is 6.44. The molecule has 0 aromatic heterocycles. The van der Waals surface area contributed by atoms with Crippen LogP contribution >= 0.6 is 11.6 Å². The number of carbonyl (C=O) groups is 1. The van der Waals surface area contributed by atoms with Crippen LogP contribution in [0.25, 0.3) is 0 Å². The van der Waals surface area contributed by atoms with E-state index in [2.05, 4.69) is 0 Å². The van der Waals surface area contributed by atoms with Crippen LogP contribution in [0.5, 0.6) is 0 Å². The van der Waals surface area contributed by atoms with Crippen LogP contribution in [0.4, 0.5) is 9.18 Å². The number of hydrogen-bond donors (Lipinski definition) is 0. The average molecular weight is 300 g/mol. The molecule has 5 heteroatoms. The number of fused-ring (bicyclic) bond motifs is 1. The molecule has 3 nitrogen and oxygen atoms in total. The maximum atomic E-state index is 14.0. The van der Waals surface area contributed by atoms with Gasteiger partial charge in [0.1, 0.15) is 11.4 Å². The predicted molar refractivity (Wildman–Crippen MR) is 76.5 cm³/mol. The summed E-state index contributed by atoms with van der Waals surface area (Å²) in [4.78, 5) is 13.8. The Balaban J connectivity index is 2.26. The minimum atomic E-state index is -0.539. The summed E-state index contributed by atoms with van der Waals surface area (Å²) in [7, 11) is 0. The van der Waals surface area contributed by atoms with Crippen molar-refractivity contribution in [3.63, 3.8) is 0 Å². The molecule has 110 valence electrons. The fourth-order valence-electron chi connectivity index (χ4n) is 2.42. The van der Waals surface area contributed by atoms with Gasteiger partial charge in [-0.15, -0.1) is 0 Å². The molecule has 0 fully saturated rings. The molecule has 1 heterocycles. The second-order valence-electron chi connectivity index (χ2n) is 6.03. The van der Waals surface area contributed by atoms with Crippen molar-refractivity contribution < 1.29 is 13.9 Å². The van der Waals surface area contributed by atoms with E-state index in [1.165, 1.54) is 6.07 Å². The van der Waals surface area contributed by atoms with Crippen LogP contribution in [-0.4, -0.2) is 23.1 Å². The molecular formula is C15H19ClFNO2. The fourth-order valence-corrected chi connectivity index (χ4v) is 2.59. The van der Waals surface area contributed by atoms with Crippen molar-refractivity contribution in [3.8, 4) is 0 Å². The molecule has 0 bridgehead atoms. The van der Waals surface area contributed by atoms with Crippen LogP contribution in [0.15, 0.2) is 12.1 Å².